The van der Waals surface area contributed by atoms with Crippen molar-refractivity contribution in [3.8, 4) is 5.75 Å². The van der Waals surface area contributed by atoms with Gasteiger partial charge in [-0.1, -0.05) is 6.92 Å². The molecule has 1 saturated heterocycles. The molecule has 1 atom stereocenters. The first kappa shape index (κ1) is 12.2. The molecule has 0 spiro atoms. The zero-order chi connectivity index (χ0) is 12.1. The molecule has 1 fully saturated rings. The van der Waals surface area contributed by atoms with Crippen LogP contribution in [0.25, 0.3) is 0 Å². The fourth-order valence-corrected chi connectivity index (χ4v) is 2.35. The number of nitrogens with two attached hydrogens (primary N) is 1. The highest BCUT2D eigenvalue weighted by Gasteiger charge is 2.15. The fraction of sp³-hybridized carbons (Fsp3) is 0.571. The van der Waals surface area contributed by atoms with Crippen molar-refractivity contribution in [3.63, 3.8) is 0 Å². The van der Waals surface area contributed by atoms with E-state index in [1.54, 1.807) is 0 Å². The predicted octanol–water partition coefficient (Wildman–Crippen LogP) is 2.38. The summed E-state index contributed by atoms with van der Waals surface area (Å²) in [5, 5.41) is 0. The van der Waals surface area contributed by atoms with Crippen molar-refractivity contribution in [2.45, 2.75) is 19.8 Å². The molecule has 0 unspecified atom stereocenters. The average molecular weight is 234 g/mol. The van der Waals surface area contributed by atoms with Crippen molar-refractivity contribution in [2.75, 3.05) is 32.0 Å². The van der Waals surface area contributed by atoms with Crippen LogP contribution < -0.4 is 10.5 Å². The molecule has 0 aromatic heterocycles. The van der Waals surface area contributed by atoms with Gasteiger partial charge < -0.3 is 10.5 Å². The van der Waals surface area contributed by atoms with Crippen LogP contribution in [-0.2, 0) is 0 Å². The molecule has 0 bridgehead atoms. The number of ether oxygens (including phenoxy) is 1. The molecule has 2 rings (SSSR count). The molecular formula is C14H22N2O. The third-order valence-electron chi connectivity index (χ3n) is 3.30. The highest BCUT2D eigenvalue weighted by molar-refractivity contribution is 5.41. The maximum absolute atomic E-state index is 5.70. The number of rotatable bonds is 4. The van der Waals surface area contributed by atoms with Gasteiger partial charge in [0.2, 0.25) is 0 Å². The van der Waals surface area contributed by atoms with E-state index in [1.165, 1.54) is 25.9 Å². The van der Waals surface area contributed by atoms with Crippen LogP contribution in [0.5, 0.6) is 5.75 Å². The second-order valence-corrected chi connectivity index (χ2v) is 4.97. The van der Waals surface area contributed by atoms with Gasteiger partial charge >= 0.3 is 0 Å². The third kappa shape index (κ3) is 3.93. The Labute approximate surface area is 104 Å². The number of benzene rings is 1. The van der Waals surface area contributed by atoms with Gasteiger partial charge in [-0.25, -0.2) is 0 Å². The van der Waals surface area contributed by atoms with Crippen molar-refractivity contribution in [3.05, 3.63) is 24.3 Å². The molecule has 1 aliphatic heterocycles. The van der Waals surface area contributed by atoms with E-state index < -0.39 is 0 Å². The minimum Gasteiger partial charge on any atom is -0.492 e. The van der Waals surface area contributed by atoms with E-state index in [0.717, 1.165) is 30.5 Å². The highest BCUT2D eigenvalue weighted by atomic mass is 16.5. The van der Waals surface area contributed by atoms with E-state index in [4.69, 9.17) is 10.5 Å². The minimum absolute atomic E-state index is 0.761. The van der Waals surface area contributed by atoms with Crippen molar-refractivity contribution in [1.82, 2.24) is 4.90 Å². The first-order valence-electron chi connectivity index (χ1n) is 6.45. The summed E-state index contributed by atoms with van der Waals surface area (Å²) in [6.07, 6.45) is 2.69. The van der Waals surface area contributed by atoms with Crippen LogP contribution in [0.15, 0.2) is 24.3 Å². The van der Waals surface area contributed by atoms with Crippen LogP contribution in [-0.4, -0.2) is 31.1 Å². The lowest BCUT2D eigenvalue weighted by atomic mass is 10.0. The van der Waals surface area contributed by atoms with Gasteiger partial charge in [0.15, 0.2) is 0 Å². The second kappa shape index (κ2) is 5.92. The molecular weight excluding hydrogens is 212 g/mol. The smallest absolute Gasteiger partial charge is 0.119 e. The number of hydrogen-bond acceptors (Lipinski definition) is 3. The van der Waals surface area contributed by atoms with Crippen molar-refractivity contribution >= 4 is 5.69 Å². The van der Waals surface area contributed by atoms with E-state index in [1.807, 2.05) is 24.3 Å². The number of nitrogens with zero attached hydrogens (tertiary/aromatic N) is 1. The number of piperidine rings is 1. The average Bonchev–Trinajstić information content (AvgIpc) is 2.32. The zero-order valence-electron chi connectivity index (χ0n) is 10.6. The SMILES string of the molecule is C[C@H]1CCCN(CCOc2ccc(N)cc2)C1. The van der Waals surface area contributed by atoms with Gasteiger partial charge in [0.05, 0.1) is 0 Å². The Morgan fingerprint density at radius 1 is 1.35 bits per heavy atom. The molecule has 1 aromatic rings. The van der Waals surface area contributed by atoms with Gasteiger partial charge in [-0.2, -0.15) is 0 Å². The molecule has 1 aliphatic rings. The van der Waals surface area contributed by atoms with Gasteiger partial charge in [0, 0.05) is 18.8 Å². The Morgan fingerprint density at radius 3 is 2.82 bits per heavy atom. The lowest BCUT2D eigenvalue weighted by Gasteiger charge is -2.30. The Balaban J connectivity index is 1.70. The lowest BCUT2D eigenvalue weighted by molar-refractivity contribution is 0.153. The predicted molar refractivity (Wildman–Crippen MR) is 71.2 cm³/mol. The van der Waals surface area contributed by atoms with Gasteiger partial charge in [0.1, 0.15) is 12.4 Å². The standard InChI is InChI=1S/C14H22N2O/c1-12-3-2-8-16(11-12)9-10-17-14-6-4-13(15)5-7-14/h4-7,12H,2-3,8-11,15H2,1H3/t12-/m0/s1. The maximum atomic E-state index is 5.70. The number of hydrogen-bond donors (Lipinski definition) is 1. The summed E-state index contributed by atoms with van der Waals surface area (Å²) in [7, 11) is 0. The molecule has 0 saturated carbocycles. The van der Waals surface area contributed by atoms with Crippen molar-refractivity contribution < 1.29 is 4.74 Å². The van der Waals surface area contributed by atoms with Crippen LogP contribution in [0.2, 0.25) is 0 Å². The number of likely N-dealkylation sites (tertiary alicyclic amines) is 1. The summed E-state index contributed by atoms with van der Waals surface area (Å²) in [6, 6.07) is 7.60. The molecule has 0 amide bonds. The molecule has 0 radical (unpaired) electrons. The summed E-state index contributed by atoms with van der Waals surface area (Å²) in [5.74, 6) is 1.74. The van der Waals surface area contributed by atoms with Crippen LogP contribution in [0.3, 0.4) is 0 Å². The van der Waals surface area contributed by atoms with Gasteiger partial charge in [-0.15, -0.1) is 0 Å². The molecule has 94 valence electrons. The lowest BCUT2D eigenvalue weighted by Crippen LogP contribution is -2.37. The number of nitrogen functional groups attached to an aromatic ring is 1. The molecule has 3 heteroatoms. The van der Waals surface area contributed by atoms with E-state index in [-0.39, 0.29) is 0 Å². The highest BCUT2D eigenvalue weighted by Crippen LogP contribution is 2.16. The van der Waals surface area contributed by atoms with E-state index in [9.17, 15) is 0 Å². The summed E-state index contributed by atoms with van der Waals surface area (Å²) in [4.78, 5) is 2.49. The molecule has 1 heterocycles. The fourth-order valence-electron chi connectivity index (χ4n) is 2.35. The van der Waals surface area contributed by atoms with Gasteiger partial charge in [-0.3, -0.25) is 4.90 Å². The van der Waals surface area contributed by atoms with Crippen LogP contribution in [0, 0.1) is 5.92 Å². The monoisotopic (exact) mass is 234 g/mol. The summed E-state index contributed by atoms with van der Waals surface area (Å²) in [6.45, 7) is 6.54. The Morgan fingerprint density at radius 2 is 2.12 bits per heavy atom. The molecule has 2 N–H and O–H groups in total. The minimum atomic E-state index is 0.761. The third-order valence-corrected chi connectivity index (χ3v) is 3.30. The van der Waals surface area contributed by atoms with Gasteiger partial charge in [-0.05, 0) is 49.6 Å². The normalized spacial score (nSPS) is 21.4. The first-order valence-corrected chi connectivity index (χ1v) is 6.45. The van der Waals surface area contributed by atoms with E-state index in [0.29, 0.717) is 0 Å². The van der Waals surface area contributed by atoms with Crippen LogP contribution in [0.4, 0.5) is 5.69 Å². The Kier molecular flexibility index (Phi) is 4.26. The molecule has 1 aromatic carbocycles. The van der Waals surface area contributed by atoms with Gasteiger partial charge in [0.25, 0.3) is 0 Å². The summed E-state index contributed by atoms with van der Waals surface area (Å²) < 4.78 is 5.70. The largest absolute Gasteiger partial charge is 0.492 e. The van der Waals surface area contributed by atoms with Crippen molar-refractivity contribution in [1.29, 1.82) is 0 Å². The second-order valence-electron chi connectivity index (χ2n) is 4.97. The zero-order valence-corrected chi connectivity index (χ0v) is 10.6. The Bertz CT molecular complexity index is 337. The maximum Gasteiger partial charge on any atom is 0.119 e. The van der Waals surface area contributed by atoms with E-state index >= 15 is 0 Å². The molecule has 3 nitrogen and oxygen atoms in total. The molecule has 0 aliphatic carbocycles. The number of anilines is 1. The Hall–Kier alpha value is -1.22. The van der Waals surface area contributed by atoms with Crippen LogP contribution in [0.1, 0.15) is 19.8 Å². The topological polar surface area (TPSA) is 38.5 Å². The summed E-state index contributed by atoms with van der Waals surface area (Å²) in [5.41, 5.74) is 6.40. The quantitative estimate of drug-likeness (QED) is 0.813. The van der Waals surface area contributed by atoms with E-state index in [2.05, 4.69) is 11.8 Å². The van der Waals surface area contributed by atoms with Crippen molar-refractivity contribution in [2.24, 2.45) is 5.92 Å². The van der Waals surface area contributed by atoms with Crippen LogP contribution >= 0.6 is 0 Å². The summed E-state index contributed by atoms with van der Waals surface area (Å²) >= 11 is 0. The molecule has 17 heavy (non-hydrogen) atoms. The first-order chi connectivity index (χ1) is 8.24.